The summed E-state index contributed by atoms with van der Waals surface area (Å²) in [6.07, 6.45) is 6.90. The van der Waals surface area contributed by atoms with E-state index in [1.807, 2.05) is 28.9 Å². The molecule has 2 aliphatic rings. The van der Waals surface area contributed by atoms with Crippen LogP contribution in [0.2, 0.25) is 0 Å². The summed E-state index contributed by atoms with van der Waals surface area (Å²) >= 11 is 0. The van der Waals surface area contributed by atoms with Gasteiger partial charge in [-0.05, 0) is 72.8 Å². The van der Waals surface area contributed by atoms with Gasteiger partial charge < -0.3 is 9.72 Å². The fourth-order valence-electron chi connectivity index (χ4n) is 5.28. The van der Waals surface area contributed by atoms with Crippen LogP contribution in [0.5, 0.6) is 5.75 Å². The third kappa shape index (κ3) is 3.84. The predicted octanol–water partition coefficient (Wildman–Crippen LogP) is 3.46. The van der Waals surface area contributed by atoms with E-state index in [0.29, 0.717) is 17.5 Å². The lowest BCUT2D eigenvalue weighted by Crippen LogP contribution is -2.41. The normalized spacial score (nSPS) is 21.5. The molecule has 2 fully saturated rings. The van der Waals surface area contributed by atoms with Gasteiger partial charge in [0.2, 0.25) is 0 Å². The van der Waals surface area contributed by atoms with Crippen LogP contribution in [-0.4, -0.2) is 50.3 Å². The van der Waals surface area contributed by atoms with Gasteiger partial charge in [-0.15, -0.1) is 5.10 Å². The topological polar surface area (TPSA) is 88.9 Å². The molecule has 1 saturated carbocycles. The Balaban J connectivity index is 1.65. The van der Waals surface area contributed by atoms with Gasteiger partial charge in [-0.1, -0.05) is 19.8 Å². The number of likely N-dealkylation sites (tertiary alicyclic amines) is 1. The number of H-pyrrole nitrogens is 1. The maximum atomic E-state index is 13.3. The van der Waals surface area contributed by atoms with Crippen molar-refractivity contribution in [2.24, 2.45) is 5.92 Å². The van der Waals surface area contributed by atoms with Gasteiger partial charge in [0.15, 0.2) is 5.82 Å². The van der Waals surface area contributed by atoms with Crippen LogP contribution in [0.4, 0.5) is 0 Å². The fraction of sp³-hybridized carbons (Fsp3) is 0.565. The van der Waals surface area contributed by atoms with Crippen LogP contribution in [0.25, 0.3) is 10.9 Å². The molecule has 31 heavy (non-hydrogen) atoms. The van der Waals surface area contributed by atoms with Crippen LogP contribution in [0.15, 0.2) is 29.1 Å². The van der Waals surface area contributed by atoms with E-state index in [9.17, 15) is 4.79 Å². The fourth-order valence-corrected chi connectivity index (χ4v) is 5.28. The summed E-state index contributed by atoms with van der Waals surface area (Å²) in [7, 11) is 1.65. The molecule has 5 rings (SSSR count). The van der Waals surface area contributed by atoms with Gasteiger partial charge in [-0.25, -0.2) is 4.68 Å². The van der Waals surface area contributed by atoms with E-state index >= 15 is 0 Å². The van der Waals surface area contributed by atoms with Gasteiger partial charge in [-0.2, -0.15) is 0 Å². The minimum atomic E-state index is -0.266. The van der Waals surface area contributed by atoms with Crippen molar-refractivity contribution in [2.45, 2.75) is 57.5 Å². The first-order valence-corrected chi connectivity index (χ1v) is 11.4. The molecule has 0 bridgehead atoms. The summed E-state index contributed by atoms with van der Waals surface area (Å²) in [5, 5.41) is 13.8. The third-order valence-electron chi connectivity index (χ3n) is 6.86. The van der Waals surface area contributed by atoms with Crippen LogP contribution in [0, 0.1) is 5.92 Å². The minimum Gasteiger partial charge on any atom is -0.497 e. The number of ether oxygens (including phenoxy) is 1. The maximum Gasteiger partial charge on any atom is 0.253 e. The molecule has 1 N–H and O–H groups in total. The van der Waals surface area contributed by atoms with Gasteiger partial charge in [0.05, 0.1) is 13.2 Å². The molecule has 2 atom stereocenters. The highest BCUT2D eigenvalue weighted by atomic mass is 16.5. The molecular formula is C23H30N6O2. The van der Waals surface area contributed by atoms with E-state index < -0.39 is 0 Å². The Hall–Kier alpha value is -2.74. The zero-order valence-corrected chi connectivity index (χ0v) is 18.3. The molecule has 1 aliphatic carbocycles. The van der Waals surface area contributed by atoms with Gasteiger partial charge in [0.1, 0.15) is 11.8 Å². The molecule has 1 saturated heterocycles. The van der Waals surface area contributed by atoms with Crippen molar-refractivity contribution in [3.05, 3.63) is 46.0 Å². The van der Waals surface area contributed by atoms with Crippen LogP contribution in [0.1, 0.15) is 68.9 Å². The molecule has 0 spiro atoms. The highest BCUT2D eigenvalue weighted by Crippen LogP contribution is 2.35. The predicted molar refractivity (Wildman–Crippen MR) is 118 cm³/mol. The van der Waals surface area contributed by atoms with Crippen molar-refractivity contribution in [2.75, 3.05) is 20.2 Å². The second-order valence-electron chi connectivity index (χ2n) is 9.07. The number of aromatic amines is 1. The quantitative estimate of drug-likeness (QED) is 0.677. The Morgan fingerprint density at radius 2 is 2.00 bits per heavy atom. The molecular weight excluding hydrogens is 392 g/mol. The average Bonchev–Trinajstić information content (AvgIpc) is 3.46. The van der Waals surface area contributed by atoms with Gasteiger partial charge >= 0.3 is 0 Å². The summed E-state index contributed by atoms with van der Waals surface area (Å²) in [6, 6.07) is 7.76. The van der Waals surface area contributed by atoms with Gasteiger partial charge in [-0.3, -0.25) is 9.69 Å². The summed E-state index contributed by atoms with van der Waals surface area (Å²) in [5.74, 6) is 2.13. The molecule has 0 amide bonds. The zero-order valence-electron chi connectivity index (χ0n) is 18.3. The highest BCUT2D eigenvalue weighted by molar-refractivity contribution is 5.80. The van der Waals surface area contributed by atoms with Crippen LogP contribution in [0.3, 0.4) is 0 Å². The molecule has 3 heterocycles. The first-order valence-electron chi connectivity index (χ1n) is 11.4. The number of methoxy groups -OCH3 is 1. The molecule has 8 heteroatoms. The largest absolute Gasteiger partial charge is 0.497 e. The van der Waals surface area contributed by atoms with E-state index in [-0.39, 0.29) is 11.6 Å². The molecule has 2 aromatic heterocycles. The third-order valence-corrected chi connectivity index (χ3v) is 6.86. The Bertz CT molecular complexity index is 1120. The summed E-state index contributed by atoms with van der Waals surface area (Å²) in [6.45, 7) is 4.14. The summed E-state index contributed by atoms with van der Waals surface area (Å²) in [4.78, 5) is 18.8. The van der Waals surface area contributed by atoms with E-state index in [4.69, 9.17) is 4.74 Å². The number of rotatable bonds is 5. The smallest absolute Gasteiger partial charge is 0.253 e. The van der Waals surface area contributed by atoms with Gasteiger partial charge in [0.25, 0.3) is 5.56 Å². The lowest BCUT2D eigenvalue weighted by Gasteiger charge is -2.36. The standard InChI is InChI=1S/C23H30N6O2/c1-15-6-5-11-28(14-15)21(22-25-26-27-29(22)17-7-3-4-8-17)19-13-16-12-18(31-2)9-10-20(16)24-23(19)30/h9-10,12-13,15,17,21H,3-8,11,14H2,1-2H3,(H,24,30). The number of fused-ring (bicyclic) bond motifs is 1. The molecule has 2 unspecified atom stereocenters. The number of tetrazole rings is 1. The van der Waals surface area contributed by atoms with Crippen molar-refractivity contribution >= 4 is 10.9 Å². The number of benzene rings is 1. The molecule has 3 aromatic rings. The molecule has 8 nitrogen and oxygen atoms in total. The minimum absolute atomic E-state index is 0.0816. The lowest BCUT2D eigenvalue weighted by molar-refractivity contribution is 0.139. The Kier molecular flexibility index (Phi) is 5.48. The Morgan fingerprint density at radius 1 is 1.16 bits per heavy atom. The van der Waals surface area contributed by atoms with E-state index in [1.54, 1.807) is 7.11 Å². The van der Waals surface area contributed by atoms with Crippen LogP contribution < -0.4 is 10.3 Å². The number of piperidine rings is 1. The average molecular weight is 423 g/mol. The second kappa shape index (κ2) is 8.42. The zero-order chi connectivity index (χ0) is 21.4. The summed E-state index contributed by atoms with van der Waals surface area (Å²) in [5.41, 5.74) is 1.42. The number of hydrogen-bond acceptors (Lipinski definition) is 6. The molecule has 1 aromatic carbocycles. The summed E-state index contributed by atoms with van der Waals surface area (Å²) < 4.78 is 7.40. The maximum absolute atomic E-state index is 13.3. The molecule has 164 valence electrons. The number of aromatic nitrogens is 5. The number of nitrogens with one attached hydrogen (secondary N) is 1. The van der Waals surface area contributed by atoms with Crippen molar-refractivity contribution < 1.29 is 4.74 Å². The van der Waals surface area contributed by atoms with E-state index in [1.165, 1.54) is 19.3 Å². The van der Waals surface area contributed by atoms with E-state index in [0.717, 1.165) is 54.8 Å². The Morgan fingerprint density at radius 3 is 2.77 bits per heavy atom. The monoisotopic (exact) mass is 422 g/mol. The van der Waals surface area contributed by atoms with Crippen molar-refractivity contribution in [1.29, 1.82) is 0 Å². The SMILES string of the molecule is COc1ccc2[nH]c(=O)c(C(c3nnnn3C3CCCC3)N3CCCC(C)C3)cc2c1. The molecule has 0 radical (unpaired) electrons. The number of pyridine rings is 1. The van der Waals surface area contributed by atoms with Crippen LogP contribution in [-0.2, 0) is 0 Å². The Labute approximate surface area is 181 Å². The first kappa shape index (κ1) is 20.2. The van der Waals surface area contributed by atoms with Crippen molar-refractivity contribution in [3.8, 4) is 5.75 Å². The van der Waals surface area contributed by atoms with Gasteiger partial charge in [0, 0.05) is 23.0 Å². The van der Waals surface area contributed by atoms with Crippen molar-refractivity contribution in [1.82, 2.24) is 30.1 Å². The highest BCUT2D eigenvalue weighted by Gasteiger charge is 2.34. The van der Waals surface area contributed by atoms with Crippen LogP contribution >= 0.6 is 0 Å². The van der Waals surface area contributed by atoms with E-state index in [2.05, 4.69) is 32.3 Å². The van der Waals surface area contributed by atoms with Crippen molar-refractivity contribution in [3.63, 3.8) is 0 Å². The lowest BCUT2D eigenvalue weighted by atomic mass is 9.95. The molecule has 1 aliphatic heterocycles. The first-order chi connectivity index (χ1) is 15.1. The number of nitrogens with zero attached hydrogens (tertiary/aromatic N) is 5. The second-order valence-corrected chi connectivity index (χ2v) is 9.07. The number of hydrogen-bond donors (Lipinski definition) is 1.